The fourth-order valence-corrected chi connectivity index (χ4v) is 9.89. The predicted octanol–water partition coefficient (Wildman–Crippen LogP) is -0.613. The normalized spacial score (nSPS) is 13.0. The minimum Gasteiger partial charge on any atom is -0.355 e. The van der Waals surface area contributed by atoms with Crippen LogP contribution >= 0.6 is 30.4 Å². The average molecular weight is 961 g/mol. The molecule has 0 heterocycles. The van der Waals surface area contributed by atoms with E-state index in [-0.39, 0.29) is 89.4 Å². The highest BCUT2D eigenvalue weighted by Crippen LogP contribution is 2.42. The van der Waals surface area contributed by atoms with Crippen molar-refractivity contribution in [2.24, 2.45) is 5.41 Å². The Morgan fingerprint density at radius 3 is 0.770 bits per heavy atom. The highest BCUT2D eigenvalue weighted by molar-refractivity contribution is 7.53. The molecule has 0 aliphatic heterocycles. The number of carbonyl (C=O) groups excluding carboxylic acids is 4. The molecule has 0 aliphatic rings. The van der Waals surface area contributed by atoms with Gasteiger partial charge < -0.3 is 70.2 Å². The second-order valence-corrected chi connectivity index (χ2v) is 21.4. The van der Waals surface area contributed by atoms with Gasteiger partial charge in [-0.15, -0.1) is 0 Å². The number of amides is 4. The van der Waals surface area contributed by atoms with Gasteiger partial charge in [-0.2, -0.15) is 0 Å². The van der Waals surface area contributed by atoms with Gasteiger partial charge in [0.1, 0.15) is 25.1 Å². The molecule has 0 aliphatic carbocycles. The summed E-state index contributed by atoms with van der Waals surface area (Å²) >= 11 is 0. The fraction of sp³-hybridized carbons (Fsp3) is 0.879. The maximum atomic E-state index is 13.2. The lowest BCUT2D eigenvalue weighted by Gasteiger charge is -2.34. The number of nitrogens with one attached hydrogen (secondary N) is 4. The van der Waals surface area contributed by atoms with E-state index in [9.17, 15) is 76.6 Å². The first-order valence-corrected chi connectivity index (χ1v) is 27.5. The summed E-state index contributed by atoms with van der Waals surface area (Å²) < 4.78 is 46.2. The van der Waals surface area contributed by atoms with E-state index in [0.29, 0.717) is 26.2 Å². The molecule has 0 saturated carbocycles. The molecule has 0 bridgehead atoms. The molecule has 24 nitrogen and oxygen atoms in total. The van der Waals surface area contributed by atoms with Crippen LogP contribution in [0.2, 0.25) is 0 Å². The van der Waals surface area contributed by atoms with E-state index in [2.05, 4.69) is 31.1 Å². The maximum Gasteiger partial charge on any atom is 0.339 e. The molecule has 61 heavy (non-hydrogen) atoms. The minimum atomic E-state index is -4.71. The Morgan fingerprint density at radius 2 is 0.590 bits per heavy atom. The van der Waals surface area contributed by atoms with Gasteiger partial charge in [0.05, 0.1) is 0 Å². The van der Waals surface area contributed by atoms with E-state index in [1.165, 1.54) is 0 Å². The molecular formula is C33H72N8O16P4. The van der Waals surface area contributed by atoms with Crippen molar-refractivity contribution in [1.82, 2.24) is 40.9 Å². The lowest BCUT2D eigenvalue weighted by Crippen LogP contribution is -2.38. The molecule has 360 valence electrons. The van der Waals surface area contributed by atoms with Gasteiger partial charge in [-0.1, -0.05) is 27.7 Å². The summed E-state index contributed by atoms with van der Waals surface area (Å²) in [6, 6.07) is 0. The molecule has 12 N–H and O–H groups in total. The lowest BCUT2D eigenvalue weighted by atomic mass is 9.71. The van der Waals surface area contributed by atoms with Crippen molar-refractivity contribution in [1.29, 1.82) is 0 Å². The van der Waals surface area contributed by atoms with Gasteiger partial charge in [-0.05, 0) is 57.3 Å². The SMILES string of the molecule is CCN(CC)CCNC(=O)CCC(CCC(=O)NCCN(CC)CC)(CCC(=O)NCCN(CP(=O)(O)O)CP(=O)(O)O)CCC(=O)NCCN(CP(=O)(O)O)CP(=O)(O)O. The van der Waals surface area contributed by atoms with Gasteiger partial charge in [0.25, 0.3) is 0 Å². The molecule has 4 amide bonds. The highest BCUT2D eigenvalue weighted by Gasteiger charge is 2.33. The summed E-state index contributed by atoms with van der Waals surface area (Å²) in [4.78, 5) is 133. The topological polar surface area (TPSA) is 359 Å². The summed E-state index contributed by atoms with van der Waals surface area (Å²) in [6.07, 6.45) is -3.83. The largest absolute Gasteiger partial charge is 0.355 e. The Kier molecular flexibility index (Phi) is 28.9. The zero-order chi connectivity index (χ0) is 46.9. The van der Waals surface area contributed by atoms with E-state index in [0.717, 1.165) is 36.0 Å². The molecule has 0 unspecified atom stereocenters. The molecule has 0 rings (SSSR count). The molecule has 0 atom stereocenters. The number of rotatable bonds is 36. The van der Waals surface area contributed by atoms with Crippen molar-refractivity contribution in [3.63, 3.8) is 0 Å². The number of carbonyl (C=O) groups is 4. The van der Waals surface area contributed by atoms with Gasteiger partial charge in [-0.3, -0.25) is 47.2 Å². The molecule has 0 aromatic carbocycles. The Morgan fingerprint density at radius 1 is 0.393 bits per heavy atom. The first-order chi connectivity index (χ1) is 28.1. The van der Waals surface area contributed by atoms with Gasteiger partial charge in [-0.25, -0.2) is 0 Å². The van der Waals surface area contributed by atoms with Crippen molar-refractivity contribution < 1.29 is 76.6 Å². The van der Waals surface area contributed by atoms with E-state index < -0.39 is 72.8 Å². The van der Waals surface area contributed by atoms with E-state index in [4.69, 9.17) is 0 Å². The zero-order valence-electron chi connectivity index (χ0n) is 35.9. The van der Waals surface area contributed by atoms with E-state index in [1.54, 1.807) is 0 Å². The monoisotopic (exact) mass is 960 g/mol. The molecule has 0 saturated heterocycles. The zero-order valence-corrected chi connectivity index (χ0v) is 39.5. The van der Waals surface area contributed by atoms with Crippen LogP contribution in [-0.2, 0) is 37.4 Å². The third-order valence-corrected chi connectivity index (χ3v) is 12.9. The van der Waals surface area contributed by atoms with Crippen molar-refractivity contribution in [2.45, 2.75) is 79.1 Å². The van der Waals surface area contributed by atoms with Gasteiger partial charge >= 0.3 is 30.4 Å². The number of likely N-dealkylation sites (N-methyl/N-ethyl adjacent to an activating group) is 2. The van der Waals surface area contributed by atoms with Crippen LogP contribution in [0.15, 0.2) is 0 Å². The van der Waals surface area contributed by atoms with Crippen LogP contribution in [0, 0.1) is 5.41 Å². The Hall–Kier alpha value is -1.68. The van der Waals surface area contributed by atoms with E-state index >= 15 is 0 Å². The molecule has 0 fully saturated rings. The fourth-order valence-electron chi connectivity index (χ4n) is 6.53. The van der Waals surface area contributed by atoms with Crippen LogP contribution in [-0.4, -0.2) is 186 Å². The molecule has 28 heteroatoms. The van der Waals surface area contributed by atoms with Crippen LogP contribution in [0.1, 0.15) is 79.1 Å². The summed E-state index contributed by atoms with van der Waals surface area (Å²) in [5, 5.41) is 10.9. The van der Waals surface area contributed by atoms with Crippen LogP contribution in [0.3, 0.4) is 0 Å². The summed E-state index contributed by atoms with van der Waals surface area (Å²) in [5.74, 6) is -1.69. The molecule has 0 aromatic rings. The number of nitrogens with zero attached hydrogens (tertiary/aromatic N) is 4. The van der Waals surface area contributed by atoms with Crippen LogP contribution in [0.5, 0.6) is 0 Å². The first kappa shape index (κ1) is 59.3. The van der Waals surface area contributed by atoms with Gasteiger partial charge in [0.15, 0.2) is 0 Å². The molecule has 0 spiro atoms. The summed E-state index contributed by atoms with van der Waals surface area (Å²) in [7, 11) is -18.9. The van der Waals surface area contributed by atoms with Gasteiger partial charge in [0, 0.05) is 78.0 Å². The van der Waals surface area contributed by atoms with Crippen molar-refractivity contribution in [3.05, 3.63) is 0 Å². The quantitative estimate of drug-likeness (QED) is 0.0348. The number of hydrogen-bond acceptors (Lipinski definition) is 12. The second-order valence-electron chi connectivity index (χ2n) is 15.0. The molecule has 0 aromatic heterocycles. The summed E-state index contributed by atoms with van der Waals surface area (Å²) in [5.41, 5.74) is -0.971. The predicted molar refractivity (Wildman–Crippen MR) is 228 cm³/mol. The van der Waals surface area contributed by atoms with Crippen LogP contribution in [0.25, 0.3) is 0 Å². The first-order valence-electron chi connectivity index (χ1n) is 20.3. The van der Waals surface area contributed by atoms with E-state index in [1.807, 2.05) is 27.7 Å². The standard InChI is InChI=1S/C33H72N8O16P4/c1-5-38(6-2)21-17-34-29(42)9-13-33(14-10-30(43)35-18-22-39(7-3)8-4,15-11-31(44)36-19-23-40(25-58(46,47)48)26-59(49,50)51)16-12-32(45)37-20-24-41(27-60(52,53)54)28-61(55,56)57/h5-28H2,1-4H3,(H,34,42)(H,35,43)(H,36,44)(H,37,45)(H2,46,47,48)(H2,49,50,51)(H2,52,53,54)(H2,55,56,57). The third kappa shape index (κ3) is 33.5. The third-order valence-electron chi connectivity index (χ3n) is 9.86. The van der Waals surface area contributed by atoms with Crippen molar-refractivity contribution >= 4 is 54.0 Å². The van der Waals surface area contributed by atoms with Crippen LogP contribution in [0.4, 0.5) is 0 Å². The van der Waals surface area contributed by atoms with Crippen LogP contribution < -0.4 is 21.3 Å². The molecule has 0 radical (unpaired) electrons. The smallest absolute Gasteiger partial charge is 0.339 e. The molecular weight excluding hydrogens is 888 g/mol. The Balaban J connectivity index is 6.27. The highest BCUT2D eigenvalue weighted by atomic mass is 31.2. The lowest BCUT2D eigenvalue weighted by molar-refractivity contribution is -0.122. The maximum absolute atomic E-state index is 13.2. The Labute approximate surface area is 359 Å². The van der Waals surface area contributed by atoms with Crippen molar-refractivity contribution in [2.75, 3.05) is 104 Å². The Bertz CT molecular complexity index is 1360. The number of hydrogen-bond donors (Lipinski definition) is 12. The average Bonchev–Trinajstić information content (AvgIpc) is 3.11. The minimum absolute atomic E-state index is 0.0233. The summed E-state index contributed by atoms with van der Waals surface area (Å²) in [6.45, 7) is 12.0. The van der Waals surface area contributed by atoms with Gasteiger partial charge in [0.2, 0.25) is 23.6 Å². The van der Waals surface area contributed by atoms with Crippen molar-refractivity contribution in [3.8, 4) is 0 Å². The second kappa shape index (κ2) is 29.7.